The van der Waals surface area contributed by atoms with Crippen molar-refractivity contribution in [2.75, 3.05) is 6.26 Å². The molecule has 2 aromatic rings. The Labute approximate surface area is 157 Å². The van der Waals surface area contributed by atoms with Crippen LogP contribution in [0.25, 0.3) is 0 Å². The van der Waals surface area contributed by atoms with Crippen LogP contribution >= 0.6 is 0 Å². The highest BCUT2D eigenvalue weighted by molar-refractivity contribution is 7.89. The molecule has 0 heterocycles. The van der Waals surface area contributed by atoms with Gasteiger partial charge in [-0.05, 0) is 42.3 Å². The number of hydrogen-bond donors (Lipinski definition) is 1. The molecule has 6 nitrogen and oxygen atoms in total. The number of halogens is 1. The first-order valence-electron chi connectivity index (χ1n) is 8.14. The first kappa shape index (κ1) is 20.6. The van der Waals surface area contributed by atoms with Gasteiger partial charge in [-0.25, -0.2) is 17.6 Å². The molecule has 0 aliphatic carbocycles. The van der Waals surface area contributed by atoms with Crippen molar-refractivity contribution in [3.8, 4) is 0 Å². The summed E-state index contributed by atoms with van der Waals surface area (Å²) in [7, 11) is -3.16. The third-order valence-electron chi connectivity index (χ3n) is 3.65. The minimum Gasteiger partial charge on any atom is -0.449 e. The molecule has 0 unspecified atom stereocenters. The third kappa shape index (κ3) is 6.82. The Balaban J connectivity index is 1.88. The van der Waals surface area contributed by atoms with Crippen molar-refractivity contribution in [2.45, 2.75) is 25.3 Å². The number of nitrogens with one attached hydrogen (secondary N) is 1. The fourth-order valence-corrected chi connectivity index (χ4v) is 3.06. The Morgan fingerprint density at radius 3 is 2.15 bits per heavy atom. The van der Waals surface area contributed by atoms with E-state index >= 15 is 0 Å². The summed E-state index contributed by atoms with van der Waals surface area (Å²) in [4.78, 5) is 24.1. The molecule has 0 aliphatic rings. The largest absolute Gasteiger partial charge is 0.449 e. The van der Waals surface area contributed by atoms with E-state index in [-0.39, 0.29) is 23.7 Å². The van der Waals surface area contributed by atoms with E-state index in [0.29, 0.717) is 11.1 Å². The molecule has 0 spiro atoms. The average molecular weight is 393 g/mol. The molecule has 0 aromatic heterocycles. The number of hydrogen-bond acceptors (Lipinski definition) is 5. The maximum atomic E-state index is 12.8. The Kier molecular flexibility index (Phi) is 6.68. The highest BCUT2D eigenvalue weighted by Crippen LogP contribution is 2.10. The quantitative estimate of drug-likeness (QED) is 0.729. The zero-order valence-corrected chi connectivity index (χ0v) is 15.8. The molecule has 8 heteroatoms. The van der Waals surface area contributed by atoms with Gasteiger partial charge in [0.1, 0.15) is 5.82 Å². The van der Waals surface area contributed by atoms with Crippen LogP contribution < -0.4 is 5.32 Å². The summed E-state index contributed by atoms with van der Waals surface area (Å²) in [5.41, 5.74) is 1.48. The second kappa shape index (κ2) is 8.77. The molecule has 2 aromatic carbocycles. The fraction of sp³-hybridized carbons (Fsp3) is 0.263. The predicted octanol–water partition coefficient (Wildman–Crippen LogP) is 2.23. The van der Waals surface area contributed by atoms with Crippen molar-refractivity contribution in [1.82, 2.24) is 5.32 Å². The zero-order chi connectivity index (χ0) is 20.0. The highest BCUT2D eigenvalue weighted by Gasteiger charge is 2.19. The van der Waals surface area contributed by atoms with Crippen LogP contribution in [0.15, 0.2) is 48.5 Å². The summed E-state index contributed by atoms with van der Waals surface area (Å²) in [6, 6.07) is 11.6. The van der Waals surface area contributed by atoms with Crippen molar-refractivity contribution >= 4 is 21.7 Å². The number of rotatable bonds is 7. The highest BCUT2D eigenvalue weighted by atomic mass is 32.2. The third-order valence-corrected chi connectivity index (χ3v) is 4.51. The lowest BCUT2D eigenvalue weighted by Crippen LogP contribution is -2.35. The Morgan fingerprint density at radius 1 is 1.04 bits per heavy atom. The maximum Gasteiger partial charge on any atom is 0.338 e. The summed E-state index contributed by atoms with van der Waals surface area (Å²) in [5, 5.41) is 2.60. The van der Waals surface area contributed by atoms with E-state index < -0.39 is 27.8 Å². The number of carbonyl (C=O) groups excluding carboxylic acids is 2. The SMILES string of the molecule is C[C@H](OC(=O)c1ccc(CS(C)(=O)=O)cc1)C(=O)NCc1ccc(F)cc1. The monoisotopic (exact) mass is 393 g/mol. The zero-order valence-electron chi connectivity index (χ0n) is 14.9. The van der Waals surface area contributed by atoms with E-state index in [1.54, 1.807) is 12.1 Å². The van der Waals surface area contributed by atoms with Gasteiger partial charge in [-0.3, -0.25) is 4.79 Å². The Morgan fingerprint density at radius 2 is 1.59 bits per heavy atom. The number of amides is 1. The molecule has 1 atom stereocenters. The molecule has 0 bridgehead atoms. The van der Waals surface area contributed by atoms with Gasteiger partial charge in [0.05, 0.1) is 11.3 Å². The van der Waals surface area contributed by atoms with Gasteiger partial charge in [-0.1, -0.05) is 24.3 Å². The molecule has 0 saturated carbocycles. The molecule has 0 radical (unpaired) electrons. The first-order valence-corrected chi connectivity index (χ1v) is 10.2. The van der Waals surface area contributed by atoms with Gasteiger partial charge in [0.2, 0.25) is 0 Å². The topological polar surface area (TPSA) is 89.5 Å². The number of carbonyl (C=O) groups is 2. The molecule has 1 N–H and O–H groups in total. The van der Waals surface area contributed by atoms with Gasteiger partial charge in [-0.2, -0.15) is 0 Å². The molecule has 0 fully saturated rings. The van der Waals surface area contributed by atoms with Crippen LogP contribution in [-0.2, 0) is 31.7 Å². The second-order valence-corrected chi connectivity index (χ2v) is 8.30. The molecule has 27 heavy (non-hydrogen) atoms. The maximum absolute atomic E-state index is 12.8. The van der Waals surface area contributed by atoms with Crippen LogP contribution in [0.1, 0.15) is 28.4 Å². The first-order chi connectivity index (χ1) is 12.6. The minimum atomic E-state index is -3.16. The van der Waals surface area contributed by atoms with Gasteiger partial charge in [0, 0.05) is 12.8 Å². The summed E-state index contributed by atoms with van der Waals surface area (Å²) < 4.78 is 40.5. The smallest absolute Gasteiger partial charge is 0.338 e. The van der Waals surface area contributed by atoms with Gasteiger partial charge < -0.3 is 10.1 Å². The van der Waals surface area contributed by atoms with Crippen LogP contribution in [-0.4, -0.2) is 32.7 Å². The van der Waals surface area contributed by atoms with Crippen molar-refractivity contribution < 1.29 is 27.1 Å². The lowest BCUT2D eigenvalue weighted by molar-refractivity contribution is -0.129. The van der Waals surface area contributed by atoms with Crippen LogP contribution in [0.4, 0.5) is 4.39 Å². The van der Waals surface area contributed by atoms with Crippen molar-refractivity contribution in [1.29, 1.82) is 0 Å². The van der Waals surface area contributed by atoms with Gasteiger partial charge in [0.15, 0.2) is 15.9 Å². The van der Waals surface area contributed by atoms with E-state index in [1.165, 1.54) is 43.3 Å². The Hall–Kier alpha value is -2.74. The number of ether oxygens (including phenoxy) is 1. The van der Waals surface area contributed by atoms with Gasteiger partial charge >= 0.3 is 5.97 Å². The fourth-order valence-electron chi connectivity index (χ4n) is 2.26. The summed E-state index contributed by atoms with van der Waals surface area (Å²) in [5.74, 6) is -1.66. The van der Waals surface area contributed by atoms with Crippen molar-refractivity contribution in [3.63, 3.8) is 0 Å². The minimum absolute atomic E-state index is 0.121. The van der Waals surface area contributed by atoms with Crippen LogP contribution in [0.3, 0.4) is 0 Å². The molecule has 144 valence electrons. The van der Waals surface area contributed by atoms with E-state index in [4.69, 9.17) is 4.74 Å². The lowest BCUT2D eigenvalue weighted by Gasteiger charge is -2.14. The molecular weight excluding hydrogens is 373 g/mol. The van der Waals surface area contributed by atoms with Crippen LogP contribution in [0.2, 0.25) is 0 Å². The van der Waals surface area contributed by atoms with E-state index in [0.717, 1.165) is 6.26 Å². The number of benzene rings is 2. The lowest BCUT2D eigenvalue weighted by atomic mass is 10.1. The van der Waals surface area contributed by atoms with Gasteiger partial charge in [-0.15, -0.1) is 0 Å². The second-order valence-electron chi connectivity index (χ2n) is 6.16. The van der Waals surface area contributed by atoms with Crippen LogP contribution in [0.5, 0.6) is 0 Å². The predicted molar refractivity (Wildman–Crippen MR) is 98.1 cm³/mol. The normalized spacial score (nSPS) is 12.3. The molecule has 0 aliphatic heterocycles. The standard InChI is InChI=1S/C19H20FNO5S/c1-13(18(22)21-11-14-5-9-17(20)10-6-14)26-19(23)16-7-3-15(4-8-16)12-27(2,24)25/h3-10,13H,11-12H2,1-2H3,(H,21,22)/t13-/m0/s1. The summed E-state index contributed by atoms with van der Waals surface area (Å²) >= 11 is 0. The summed E-state index contributed by atoms with van der Waals surface area (Å²) in [6.07, 6.45) is 0.107. The molecule has 2 rings (SSSR count). The molecule has 0 saturated heterocycles. The van der Waals surface area contributed by atoms with E-state index in [2.05, 4.69) is 5.32 Å². The molecule has 1 amide bonds. The average Bonchev–Trinajstić information content (AvgIpc) is 2.60. The van der Waals surface area contributed by atoms with Crippen LogP contribution in [0, 0.1) is 5.82 Å². The Bertz CT molecular complexity index is 908. The van der Waals surface area contributed by atoms with Gasteiger partial charge in [0.25, 0.3) is 5.91 Å². The summed E-state index contributed by atoms with van der Waals surface area (Å²) in [6.45, 7) is 1.62. The molecular formula is C19H20FNO5S. The van der Waals surface area contributed by atoms with E-state index in [9.17, 15) is 22.4 Å². The van der Waals surface area contributed by atoms with E-state index in [1.807, 2.05) is 0 Å². The van der Waals surface area contributed by atoms with Crippen molar-refractivity contribution in [3.05, 3.63) is 71.0 Å². The number of esters is 1. The number of sulfone groups is 1. The van der Waals surface area contributed by atoms with Crippen molar-refractivity contribution in [2.24, 2.45) is 0 Å².